The molecular formula is C25H35N5O3. The number of aliphatic hydroxyl groups excluding tert-OH is 1. The number of benzene rings is 1. The van der Waals surface area contributed by atoms with E-state index >= 15 is 0 Å². The summed E-state index contributed by atoms with van der Waals surface area (Å²) in [6.45, 7) is 2.45. The van der Waals surface area contributed by atoms with Crippen LogP contribution in [0.25, 0.3) is 0 Å². The van der Waals surface area contributed by atoms with Crippen molar-refractivity contribution in [2.75, 3.05) is 38.7 Å². The Labute approximate surface area is 196 Å². The lowest BCUT2D eigenvalue weighted by Crippen LogP contribution is -2.42. The first kappa shape index (κ1) is 23.6. The van der Waals surface area contributed by atoms with Crippen molar-refractivity contribution < 1.29 is 14.6 Å². The van der Waals surface area contributed by atoms with Crippen LogP contribution in [0.15, 0.2) is 36.7 Å². The number of hydrogen-bond acceptors (Lipinski definition) is 7. The molecule has 0 unspecified atom stereocenters. The molecule has 2 heterocycles. The fraction of sp³-hybridized carbons (Fsp3) is 0.560. The van der Waals surface area contributed by atoms with Crippen LogP contribution in [-0.4, -0.2) is 77.9 Å². The van der Waals surface area contributed by atoms with Crippen LogP contribution in [0.3, 0.4) is 0 Å². The maximum Gasteiger partial charge on any atom is 0.270 e. The highest BCUT2D eigenvalue weighted by atomic mass is 16.5. The van der Waals surface area contributed by atoms with Gasteiger partial charge in [0, 0.05) is 52.4 Å². The van der Waals surface area contributed by atoms with Gasteiger partial charge in [-0.25, -0.2) is 9.97 Å². The summed E-state index contributed by atoms with van der Waals surface area (Å²) in [7, 11) is 3.79. The van der Waals surface area contributed by atoms with Gasteiger partial charge >= 0.3 is 0 Å². The van der Waals surface area contributed by atoms with Crippen molar-refractivity contribution >= 4 is 11.7 Å². The molecule has 1 aromatic heterocycles. The summed E-state index contributed by atoms with van der Waals surface area (Å²) < 4.78 is 5.46. The lowest BCUT2D eigenvalue weighted by atomic mass is 9.92. The second-order valence-electron chi connectivity index (χ2n) is 9.16. The summed E-state index contributed by atoms with van der Waals surface area (Å²) >= 11 is 0. The molecule has 1 aliphatic heterocycles. The molecule has 2 N–H and O–H groups in total. The van der Waals surface area contributed by atoms with Gasteiger partial charge in [0.15, 0.2) is 0 Å². The predicted octanol–water partition coefficient (Wildman–Crippen LogP) is 2.02. The number of amides is 1. The molecule has 2 aliphatic rings. The molecule has 1 atom stereocenters. The summed E-state index contributed by atoms with van der Waals surface area (Å²) in [4.78, 5) is 25.6. The summed E-state index contributed by atoms with van der Waals surface area (Å²) in [6, 6.07) is 10.5. The lowest BCUT2D eigenvalue weighted by molar-refractivity contribution is 0.0659. The minimum absolute atomic E-state index is 0.188. The van der Waals surface area contributed by atoms with Crippen LogP contribution in [0.4, 0.5) is 5.82 Å². The van der Waals surface area contributed by atoms with Gasteiger partial charge in [0.05, 0.1) is 12.2 Å². The number of carbonyl (C=O) groups is 1. The standard InChI is InChI=1S/C25H35N5O3/c1-29(20-7-9-22(33-2)10-8-20)24-13-23(27-17-28-24)25(32)26-14-21(31)16-30-12-11-18-5-3-4-6-19(18)15-30/h3-6,13,17,20-22,31H,7-12,14-16H2,1-2H3,(H,26,32)/t20?,21-,22?/m0/s1. The fourth-order valence-electron chi connectivity index (χ4n) is 4.89. The quantitative estimate of drug-likeness (QED) is 0.632. The number of ether oxygens (including phenoxy) is 1. The monoisotopic (exact) mass is 453 g/mol. The maximum atomic E-state index is 12.7. The van der Waals surface area contributed by atoms with Gasteiger partial charge in [0.1, 0.15) is 17.8 Å². The van der Waals surface area contributed by atoms with Gasteiger partial charge in [-0.2, -0.15) is 0 Å². The number of β-amino-alcohol motifs (C(OH)–C–C–N with tert-alkyl or cyclic N) is 1. The third-order valence-corrected chi connectivity index (χ3v) is 6.95. The Morgan fingerprint density at radius 2 is 2.00 bits per heavy atom. The zero-order chi connectivity index (χ0) is 23.2. The van der Waals surface area contributed by atoms with E-state index in [1.807, 2.05) is 7.05 Å². The number of anilines is 1. The number of rotatable bonds is 8. The Balaban J connectivity index is 1.26. The fourth-order valence-corrected chi connectivity index (χ4v) is 4.89. The first-order valence-corrected chi connectivity index (χ1v) is 11.9. The van der Waals surface area contributed by atoms with E-state index in [0.29, 0.717) is 24.4 Å². The molecule has 1 aliphatic carbocycles. The van der Waals surface area contributed by atoms with Crippen molar-refractivity contribution in [2.45, 2.75) is 56.9 Å². The summed E-state index contributed by atoms with van der Waals surface area (Å²) in [5, 5.41) is 13.3. The van der Waals surface area contributed by atoms with Crippen molar-refractivity contribution in [1.29, 1.82) is 0 Å². The van der Waals surface area contributed by atoms with Gasteiger partial charge in [-0.15, -0.1) is 0 Å². The van der Waals surface area contributed by atoms with Crippen LogP contribution in [0.5, 0.6) is 0 Å². The van der Waals surface area contributed by atoms with Crippen LogP contribution in [0.1, 0.15) is 47.3 Å². The van der Waals surface area contributed by atoms with Gasteiger partial charge in [-0.05, 0) is 43.2 Å². The number of hydrogen-bond donors (Lipinski definition) is 2. The third-order valence-electron chi connectivity index (χ3n) is 6.95. The normalized spacial score (nSPS) is 21.8. The predicted molar refractivity (Wildman–Crippen MR) is 127 cm³/mol. The molecule has 2 aromatic rings. The second-order valence-corrected chi connectivity index (χ2v) is 9.16. The van der Waals surface area contributed by atoms with E-state index in [1.54, 1.807) is 13.2 Å². The number of aromatic nitrogens is 2. The largest absolute Gasteiger partial charge is 0.390 e. The molecule has 33 heavy (non-hydrogen) atoms. The zero-order valence-electron chi connectivity index (χ0n) is 19.6. The Bertz CT molecular complexity index is 932. The summed E-state index contributed by atoms with van der Waals surface area (Å²) in [6.07, 6.45) is 6.26. The average Bonchev–Trinajstić information content (AvgIpc) is 2.87. The van der Waals surface area contributed by atoms with E-state index in [0.717, 1.165) is 51.0 Å². The second kappa shape index (κ2) is 11.0. The van der Waals surface area contributed by atoms with Crippen LogP contribution < -0.4 is 10.2 Å². The van der Waals surface area contributed by atoms with Gasteiger partial charge in [0.25, 0.3) is 5.91 Å². The van der Waals surface area contributed by atoms with E-state index in [2.05, 4.69) is 49.4 Å². The van der Waals surface area contributed by atoms with Gasteiger partial charge in [-0.3, -0.25) is 9.69 Å². The summed E-state index contributed by atoms with van der Waals surface area (Å²) in [5.74, 6) is 0.446. The highest BCUT2D eigenvalue weighted by molar-refractivity contribution is 5.92. The van der Waals surface area contributed by atoms with E-state index in [1.165, 1.54) is 17.5 Å². The molecule has 8 heteroatoms. The number of aliphatic hydroxyl groups is 1. The van der Waals surface area contributed by atoms with Crippen molar-refractivity contribution in [1.82, 2.24) is 20.2 Å². The Kier molecular flexibility index (Phi) is 7.90. The SMILES string of the molecule is COC1CCC(N(C)c2cc(C(=O)NC[C@H](O)CN3CCc4ccccc4C3)ncn2)CC1. The molecule has 8 nitrogen and oxygen atoms in total. The molecular weight excluding hydrogens is 418 g/mol. The van der Waals surface area contributed by atoms with E-state index in [9.17, 15) is 9.90 Å². The number of nitrogens with one attached hydrogen (secondary N) is 1. The van der Waals surface area contributed by atoms with E-state index in [-0.39, 0.29) is 12.5 Å². The summed E-state index contributed by atoms with van der Waals surface area (Å²) in [5.41, 5.74) is 3.01. The lowest BCUT2D eigenvalue weighted by Gasteiger charge is -2.34. The Morgan fingerprint density at radius 1 is 1.24 bits per heavy atom. The van der Waals surface area contributed by atoms with Gasteiger partial charge in [-0.1, -0.05) is 24.3 Å². The zero-order valence-corrected chi connectivity index (χ0v) is 19.6. The molecule has 1 fully saturated rings. The van der Waals surface area contributed by atoms with Crippen molar-refractivity contribution in [3.8, 4) is 0 Å². The number of fused-ring (bicyclic) bond motifs is 1. The minimum atomic E-state index is -0.640. The molecule has 4 rings (SSSR count). The molecule has 0 bridgehead atoms. The highest BCUT2D eigenvalue weighted by Crippen LogP contribution is 2.26. The molecule has 1 amide bonds. The number of carbonyl (C=O) groups excluding carboxylic acids is 1. The van der Waals surface area contributed by atoms with Crippen molar-refractivity contribution in [3.63, 3.8) is 0 Å². The van der Waals surface area contributed by atoms with E-state index in [4.69, 9.17) is 4.74 Å². The van der Waals surface area contributed by atoms with Gasteiger partial charge < -0.3 is 20.1 Å². The smallest absolute Gasteiger partial charge is 0.270 e. The molecule has 1 saturated carbocycles. The Hall–Kier alpha value is -2.55. The number of nitrogens with zero attached hydrogens (tertiary/aromatic N) is 4. The molecule has 1 aromatic carbocycles. The molecule has 178 valence electrons. The first-order chi connectivity index (χ1) is 16.0. The van der Waals surface area contributed by atoms with Crippen LogP contribution in [0.2, 0.25) is 0 Å². The highest BCUT2D eigenvalue weighted by Gasteiger charge is 2.25. The Morgan fingerprint density at radius 3 is 2.76 bits per heavy atom. The van der Waals surface area contributed by atoms with Gasteiger partial charge in [0.2, 0.25) is 0 Å². The minimum Gasteiger partial charge on any atom is -0.390 e. The molecule has 0 spiro atoms. The first-order valence-electron chi connectivity index (χ1n) is 11.9. The van der Waals surface area contributed by atoms with Crippen molar-refractivity contribution in [2.24, 2.45) is 0 Å². The number of methoxy groups -OCH3 is 1. The maximum absolute atomic E-state index is 12.7. The molecule has 0 radical (unpaired) electrons. The topological polar surface area (TPSA) is 90.8 Å². The van der Waals surface area contributed by atoms with E-state index < -0.39 is 6.10 Å². The third kappa shape index (κ3) is 6.07. The average molecular weight is 454 g/mol. The van der Waals surface area contributed by atoms with Crippen LogP contribution >= 0.6 is 0 Å². The van der Waals surface area contributed by atoms with Crippen LogP contribution in [-0.2, 0) is 17.7 Å². The van der Waals surface area contributed by atoms with Crippen molar-refractivity contribution in [3.05, 3.63) is 53.5 Å². The molecule has 0 saturated heterocycles. The van der Waals surface area contributed by atoms with Crippen LogP contribution in [0, 0.1) is 0 Å².